The predicted octanol–water partition coefficient (Wildman–Crippen LogP) is 1.81. The summed E-state index contributed by atoms with van der Waals surface area (Å²) in [6.07, 6.45) is 8.54. The topological polar surface area (TPSA) is 64.7 Å². The van der Waals surface area contributed by atoms with Crippen LogP contribution in [0.5, 0.6) is 0 Å². The van der Waals surface area contributed by atoms with Gasteiger partial charge >= 0.3 is 6.03 Å². The van der Waals surface area contributed by atoms with Gasteiger partial charge in [-0.15, -0.1) is 0 Å². The zero-order valence-corrected chi connectivity index (χ0v) is 15.6. The Kier molecular flexibility index (Phi) is 6.57. The summed E-state index contributed by atoms with van der Waals surface area (Å²) in [5.74, 6) is 1.02. The van der Waals surface area contributed by atoms with E-state index >= 15 is 0 Å². The molecular formula is C19H34N4O2. The molecule has 2 saturated heterocycles. The summed E-state index contributed by atoms with van der Waals surface area (Å²) in [6, 6.07) is 0.332. The summed E-state index contributed by atoms with van der Waals surface area (Å²) in [5.41, 5.74) is 0. The van der Waals surface area contributed by atoms with Crippen LogP contribution in [0.15, 0.2) is 0 Å². The lowest BCUT2D eigenvalue weighted by atomic mass is 9.85. The van der Waals surface area contributed by atoms with Crippen molar-refractivity contribution in [1.82, 2.24) is 20.4 Å². The molecule has 3 aliphatic rings. The van der Waals surface area contributed by atoms with E-state index in [4.69, 9.17) is 0 Å². The number of hydrogen-bond acceptors (Lipinski definition) is 3. The minimum absolute atomic E-state index is 0.100. The lowest BCUT2D eigenvalue weighted by molar-refractivity contribution is -0.125. The molecule has 2 aliphatic heterocycles. The standard InChI is InChI=1S/C19H34N4O2/c1-20-18(24)16-4-6-17(7-5-16)21-19(25)23-12-8-15(9-13-23)14-22-10-2-3-11-22/h15-17H,2-14H2,1H3,(H,20,24)(H,21,25). The van der Waals surface area contributed by atoms with E-state index in [0.717, 1.165) is 57.5 Å². The van der Waals surface area contributed by atoms with E-state index in [0.29, 0.717) is 0 Å². The van der Waals surface area contributed by atoms with E-state index in [-0.39, 0.29) is 23.9 Å². The van der Waals surface area contributed by atoms with Crippen molar-refractivity contribution in [2.45, 2.75) is 57.4 Å². The average Bonchev–Trinajstić information content (AvgIpc) is 3.15. The van der Waals surface area contributed by atoms with Gasteiger partial charge in [0.2, 0.25) is 5.91 Å². The van der Waals surface area contributed by atoms with Gasteiger partial charge in [-0.05, 0) is 70.4 Å². The molecule has 6 heteroatoms. The van der Waals surface area contributed by atoms with Crippen LogP contribution in [0.25, 0.3) is 0 Å². The largest absolute Gasteiger partial charge is 0.359 e. The second-order valence-corrected chi connectivity index (χ2v) is 8.05. The molecular weight excluding hydrogens is 316 g/mol. The van der Waals surface area contributed by atoms with Crippen molar-refractivity contribution >= 4 is 11.9 Å². The molecule has 2 heterocycles. The maximum absolute atomic E-state index is 12.5. The quantitative estimate of drug-likeness (QED) is 0.813. The number of carbonyl (C=O) groups excluding carboxylic acids is 2. The highest BCUT2D eigenvalue weighted by molar-refractivity contribution is 5.78. The van der Waals surface area contributed by atoms with Gasteiger partial charge in [0.1, 0.15) is 0 Å². The highest BCUT2D eigenvalue weighted by Gasteiger charge is 2.29. The average molecular weight is 351 g/mol. The first-order valence-electron chi connectivity index (χ1n) is 10.1. The lowest BCUT2D eigenvalue weighted by Gasteiger charge is -2.35. The third kappa shape index (κ3) is 5.09. The number of likely N-dealkylation sites (tertiary alicyclic amines) is 2. The van der Waals surface area contributed by atoms with E-state index in [1.807, 2.05) is 4.90 Å². The van der Waals surface area contributed by atoms with Crippen molar-refractivity contribution in [3.05, 3.63) is 0 Å². The van der Waals surface area contributed by atoms with Gasteiger partial charge in [0, 0.05) is 38.6 Å². The number of hydrogen-bond donors (Lipinski definition) is 2. The summed E-state index contributed by atoms with van der Waals surface area (Å²) >= 11 is 0. The van der Waals surface area contributed by atoms with Crippen LogP contribution in [0.1, 0.15) is 51.4 Å². The van der Waals surface area contributed by atoms with Crippen LogP contribution >= 0.6 is 0 Å². The molecule has 6 nitrogen and oxygen atoms in total. The van der Waals surface area contributed by atoms with Gasteiger partial charge in [0.15, 0.2) is 0 Å². The van der Waals surface area contributed by atoms with Gasteiger partial charge in [0.25, 0.3) is 0 Å². The molecule has 1 aliphatic carbocycles. The SMILES string of the molecule is CNC(=O)C1CCC(NC(=O)N2CCC(CN3CCCC3)CC2)CC1. The minimum Gasteiger partial charge on any atom is -0.359 e. The molecule has 0 aromatic rings. The van der Waals surface area contributed by atoms with Crippen molar-refractivity contribution < 1.29 is 9.59 Å². The Bertz CT molecular complexity index is 448. The molecule has 0 unspecified atom stereocenters. The number of carbonyl (C=O) groups is 2. The molecule has 3 rings (SSSR count). The number of rotatable bonds is 4. The maximum Gasteiger partial charge on any atom is 0.317 e. The number of nitrogens with one attached hydrogen (secondary N) is 2. The first kappa shape index (κ1) is 18.5. The van der Waals surface area contributed by atoms with Crippen molar-refractivity contribution in [3.63, 3.8) is 0 Å². The van der Waals surface area contributed by atoms with Crippen LogP contribution < -0.4 is 10.6 Å². The Balaban J connectivity index is 1.35. The molecule has 0 bridgehead atoms. The Morgan fingerprint density at radius 1 is 0.920 bits per heavy atom. The lowest BCUT2D eigenvalue weighted by Crippen LogP contribution is -2.49. The highest BCUT2D eigenvalue weighted by atomic mass is 16.2. The summed E-state index contributed by atoms with van der Waals surface area (Å²) < 4.78 is 0. The Labute approximate surface area is 151 Å². The summed E-state index contributed by atoms with van der Waals surface area (Å²) in [4.78, 5) is 28.8. The van der Waals surface area contributed by atoms with Gasteiger partial charge in [0.05, 0.1) is 0 Å². The fraction of sp³-hybridized carbons (Fsp3) is 0.895. The van der Waals surface area contributed by atoms with Crippen LogP contribution in [-0.2, 0) is 4.79 Å². The van der Waals surface area contributed by atoms with Gasteiger partial charge in [-0.2, -0.15) is 0 Å². The van der Waals surface area contributed by atoms with Crippen molar-refractivity contribution in [2.24, 2.45) is 11.8 Å². The van der Waals surface area contributed by atoms with E-state index in [2.05, 4.69) is 15.5 Å². The van der Waals surface area contributed by atoms with Crippen molar-refractivity contribution in [3.8, 4) is 0 Å². The molecule has 3 fully saturated rings. The molecule has 1 saturated carbocycles. The first-order valence-corrected chi connectivity index (χ1v) is 10.1. The second-order valence-electron chi connectivity index (χ2n) is 8.05. The number of nitrogens with zero attached hydrogens (tertiary/aromatic N) is 2. The predicted molar refractivity (Wildman–Crippen MR) is 98.3 cm³/mol. The molecule has 25 heavy (non-hydrogen) atoms. The molecule has 0 aromatic carbocycles. The van der Waals surface area contributed by atoms with Gasteiger partial charge in [-0.3, -0.25) is 4.79 Å². The van der Waals surface area contributed by atoms with Crippen LogP contribution in [0.4, 0.5) is 4.79 Å². The third-order valence-corrected chi connectivity index (χ3v) is 6.29. The second kappa shape index (κ2) is 8.88. The first-order chi connectivity index (χ1) is 12.2. The molecule has 0 radical (unpaired) electrons. The molecule has 142 valence electrons. The normalized spacial score (nSPS) is 28.8. The molecule has 0 spiro atoms. The van der Waals surface area contributed by atoms with Gasteiger partial charge < -0.3 is 20.4 Å². The third-order valence-electron chi connectivity index (χ3n) is 6.29. The zero-order chi connectivity index (χ0) is 17.6. The van der Waals surface area contributed by atoms with Gasteiger partial charge in [-0.25, -0.2) is 4.79 Å². The van der Waals surface area contributed by atoms with Crippen LogP contribution in [0.3, 0.4) is 0 Å². The van der Waals surface area contributed by atoms with E-state index in [1.54, 1.807) is 7.05 Å². The summed E-state index contributed by atoms with van der Waals surface area (Å²) in [7, 11) is 1.70. The fourth-order valence-electron chi connectivity index (χ4n) is 4.62. The smallest absolute Gasteiger partial charge is 0.317 e. The molecule has 0 aromatic heterocycles. The van der Waals surface area contributed by atoms with E-state index in [9.17, 15) is 9.59 Å². The Hall–Kier alpha value is -1.30. The van der Waals surface area contributed by atoms with Gasteiger partial charge in [-0.1, -0.05) is 0 Å². The van der Waals surface area contributed by atoms with Crippen molar-refractivity contribution in [2.75, 3.05) is 39.8 Å². The number of urea groups is 1. The van der Waals surface area contributed by atoms with Crippen molar-refractivity contribution in [1.29, 1.82) is 0 Å². The molecule has 2 N–H and O–H groups in total. The van der Waals surface area contributed by atoms with Crippen LogP contribution in [0, 0.1) is 11.8 Å². The van der Waals surface area contributed by atoms with E-state index < -0.39 is 0 Å². The highest BCUT2D eigenvalue weighted by Crippen LogP contribution is 2.25. The van der Waals surface area contributed by atoms with Crippen LogP contribution in [0.2, 0.25) is 0 Å². The summed E-state index contributed by atoms with van der Waals surface area (Å²) in [6.45, 7) is 5.52. The Morgan fingerprint density at radius 2 is 1.56 bits per heavy atom. The number of piperidine rings is 1. The summed E-state index contributed by atoms with van der Waals surface area (Å²) in [5, 5.41) is 5.93. The monoisotopic (exact) mass is 350 g/mol. The maximum atomic E-state index is 12.5. The van der Waals surface area contributed by atoms with E-state index in [1.165, 1.54) is 32.5 Å². The zero-order valence-electron chi connectivity index (χ0n) is 15.6. The Morgan fingerprint density at radius 3 is 2.16 bits per heavy atom. The fourth-order valence-corrected chi connectivity index (χ4v) is 4.62. The van der Waals surface area contributed by atoms with Crippen LogP contribution in [-0.4, -0.2) is 67.6 Å². The molecule has 3 amide bonds. The number of amides is 3. The molecule has 0 atom stereocenters. The minimum atomic E-state index is 0.100.